The van der Waals surface area contributed by atoms with Crippen LogP contribution in [0.4, 0.5) is 0 Å². The molecule has 0 fully saturated rings. The maximum atomic E-state index is 13.1. The van der Waals surface area contributed by atoms with Gasteiger partial charge in [-0.3, -0.25) is 9.59 Å². The fraction of sp³-hybridized carbons (Fsp3) is 0.222. The van der Waals surface area contributed by atoms with Gasteiger partial charge in [0.15, 0.2) is 0 Å². The van der Waals surface area contributed by atoms with Crippen molar-refractivity contribution >= 4 is 16.7 Å². The van der Waals surface area contributed by atoms with Crippen molar-refractivity contribution in [3.05, 3.63) is 136 Å². The monoisotopic (exact) mass is 545 g/mol. The molecule has 0 aliphatic rings. The first-order chi connectivity index (χ1) is 19.9. The second-order valence-corrected chi connectivity index (χ2v) is 10.9. The second-order valence-electron chi connectivity index (χ2n) is 10.9. The van der Waals surface area contributed by atoms with Crippen molar-refractivity contribution in [3.63, 3.8) is 0 Å². The molecule has 0 aliphatic heterocycles. The van der Waals surface area contributed by atoms with Gasteiger partial charge < -0.3 is 15.2 Å². The third-order valence-electron chi connectivity index (χ3n) is 7.67. The lowest BCUT2D eigenvalue weighted by Crippen LogP contribution is -2.09. The van der Waals surface area contributed by atoms with Crippen molar-refractivity contribution in [2.24, 2.45) is 5.92 Å². The Morgan fingerprint density at radius 1 is 0.805 bits per heavy atom. The number of aromatic amines is 1. The van der Waals surface area contributed by atoms with E-state index in [9.17, 15) is 19.8 Å². The number of rotatable bonds is 11. The summed E-state index contributed by atoms with van der Waals surface area (Å²) >= 11 is 0. The number of ketones is 1. The maximum Gasteiger partial charge on any atom is 0.248 e. The number of aromatic nitrogens is 1. The minimum Gasteiger partial charge on any atom is -0.506 e. The van der Waals surface area contributed by atoms with Crippen LogP contribution < -0.4 is 5.56 Å². The molecule has 5 rings (SSSR count). The van der Waals surface area contributed by atoms with Crippen molar-refractivity contribution in [1.82, 2.24) is 4.98 Å². The standard InChI is InChI=1S/C36H35NO4/c1-24(14-17-33(39)31-15-18-34(40)36-32(31)16-19-35(41)37-36)20-25-8-7-9-26(21-25)22-29(38)23-28-12-5-6-13-30(28)27-10-3-2-4-11-27/h2-13,15-16,18-19,21,24,33,39-40H,14,17,20,22-23H2,1H3,(H,37,41)/t24-,33-/m0/s1. The molecule has 5 nitrogen and oxygen atoms in total. The van der Waals surface area contributed by atoms with Crippen LogP contribution in [0, 0.1) is 5.92 Å². The number of hydrogen-bond acceptors (Lipinski definition) is 4. The fourth-order valence-electron chi connectivity index (χ4n) is 5.59. The number of Topliss-reactive ketones (excluding diaryl/α,β-unsaturated/α-hetero) is 1. The smallest absolute Gasteiger partial charge is 0.248 e. The van der Waals surface area contributed by atoms with E-state index >= 15 is 0 Å². The number of aromatic hydroxyl groups is 1. The molecule has 4 aromatic carbocycles. The number of H-pyrrole nitrogens is 1. The average Bonchev–Trinajstić information content (AvgIpc) is 2.97. The Morgan fingerprint density at radius 2 is 1.56 bits per heavy atom. The van der Waals surface area contributed by atoms with E-state index in [1.54, 1.807) is 12.1 Å². The first kappa shape index (κ1) is 28.1. The van der Waals surface area contributed by atoms with Crippen LogP contribution in [0.5, 0.6) is 5.75 Å². The Labute approximate surface area is 240 Å². The number of phenolic OH excluding ortho intramolecular Hbond substituents is 1. The van der Waals surface area contributed by atoms with Gasteiger partial charge in [-0.2, -0.15) is 0 Å². The Bertz CT molecular complexity index is 1710. The number of pyridine rings is 1. The molecule has 0 aliphatic carbocycles. The van der Waals surface area contributed by atoms with E-state index in [1.165, 1.54) is 17.7 Å². The van der Waals surface area contributed by atoms with Crippen LogP contribution >= 0.6 is 0 Å². The van der Waals surface area contributed by atoms with E-state index in [-0.39, 0.29) is 17.1 Å². The summed E-state index contributed by atoms with van der Waals surface area (Å²) in [5, 5.41) is 21.7. The van der Waals surface area contributed by atoms with Gasteiger partial charge in [0, 0.05) is 24.3 Å². The van der Waals surface area contributed by atoms with Crippen molar-refractivity contribution in [1.29, 1.82) is 0 Å². The van der Waals surface area contributed by atoms with Crippen molar-refractivity contribution < 1.29 is 15.0 Å². The number of aliphatic hydroxyl groups is 1. The summed E-state index contributed by atoms with van der Waals surface area (Å²) in [7, 11) is 0. The fourth-order valence-corrected chi connectivity index (χ4v) is 5.59. The van der Waals surface area contributed by atoms with Crippen molar-refractivity contribution in [2.75, 3.05) is 0 Å². The highest BCUT2D eigenvalue weighted by molar-refractivity contribution is 5.87. The Morgan fingerprint density at radius 3 is 2.39 bits per heavy atom. The van der Waals surface area contributed by atoms with Crippen LogP contribution in [0.1, 0.15) is 48.1 Å². The molecule has 2 atom stereocenters. The van der Waals surface area contributed by atoms with Crippen molar-refractivity contribution in [3.8, 4) is 16.9 Å². The molecular formula is C36H35NO4. The summed E-state index contributed by atoms with van der Waals surface area (Å²) in [5.74, 6) is 0.487. The molecule has 0 amide bonds. The van der Waals surface area contributed by atoms with Gasteiger partial charge in [0.25, 0.3) is 0 Å². The van der Waals surface area contributed by atoms with Crippen LogP contribution in [0.3, 0.4) is 0 Å². The molecule has 5 heteroatoms. The van der Waals surface area contributed by atoms with E-state index in [2.05, 4.69) is 42.2 Å². The first-order valence-corrected chi connectivity index (χ1v) is 14.1. The molecule has 208 valence electrons. The Hall–Kier alpha value is -4.48. The molecule has 0 spiro atoms. The van der Waals surface area contributed by atoms with E-state index < -0.39 is 6.10 Å². The maximum absolute atomic E-state index is 13.1. The number of phenols is 1. The molecular weight excluding hydrogens is 510 g/mol. The zero-order valence-corrected chi connectivity index (χ0v) is 23.2. The lowest BCUT2D eigenvalue weighted by molar-refractivity contribution is -0.117. The highest BCUT2D eigenvalue weighted by Crippen LogP contribution is 2.32. The minimum atomic E-state index is -0.714. The van der Waals surface area contributed by atoms with Gasteiger partial charge in [0.1, 0.15) is 11.5 Å². The summed E-state index contributed by atoms with van der Waals surface area (Å²) in [6.45, 7) is 2.16. The molecule has 0 saturated carbocycles. The normalized spacial score (nSPS) is 12.7. The van der Waals surface area contributed by atoms with Crippen LogP contribution in [0.2, 0.25) is 0 Å². The molecule has 1 heterocycles. The molecule has 5 aromatic rings. The van der Waals surface area contributed by atoms with Gasteiger partial charge in [-0.15, -0.1) is 0 Å². The average molecular weight is 546 g/mol. The number of aliphatic hydroxyl groups excluding tert-OH is 1. The highest BCUT2D eigenvalue weighted by Gasteiger charge is 2.16. The Balaban J connectivity index is 1.18. The number of benzene rings is 4. The molecule has 1 aromatic heterocycles. The largest absolute Gasteiger partial charge is 0.506 e. The first-order valence-electron chi connectivity index (χ1n) is 14.1. The van der Waals surface area contributed by atoms with Gasteiger partial charge >= 0.3 is 0 Å². The number of hydrogen-bond donors (Lipinski definition) is 3. The lowest BCUT2D eigenvalue weighted by atomic mass is 9.91. The van der Waals surface area contributed by atoms with E-state index in [0.29, 0.717) is 41.6 Å². The van der Waals surface area contributed by atoms with Crippen LogP contribution in [0.15, 0.2) is 108 Å². The quantitative estimate of drug-likeness (QED) is 0.168. The summed E-state index contributed by atoms with van der Waals surface area (Å²) in [6.07, 6.45) is 2.26. The van der Waals surface area contributed by atoms with E-state index in [1.807, 2.05) is 48.5 Å². The van der Waals surface area contributed by atoms with Crippen LogP contribution in [-0.2, 0) is 24.1 Å². The second kappa shape index (κ2) is 12.8. The number of nitrogens with one attached hydrogen (secondary N) is 1. The summed E-state index contributed by atoms with van der Waals surface area (Å²) < 4.78 is 0. The van der Waals surface area contributed by atoms with E-state index in [4.69, 9.17) is 0 Å². The van der Waals surface area contributed by atoms with Gasteiger partial charge in [-0.25, -0.2) is 0 Å². The Kier molecular flexibility index (Phi) is 8.76. The minimum absolute atomic E-state index is 0.0132. The SMILES string of the molecule is C[C@@H](CC[C@H](O)c1ccc(O)c2[nH]c(=O)ccc12)Cc1cccc(CC(=O)Cc2ccccc2-c2ccccc2)c1. The molecule has 41 heavy (non-hydrogen) atoms. The van der Waals surface area contributed by atoms with Crippen molar-refractivity contribution in [2.45, 2.75) is 45.1 Å². The van der Waals surface area contributed by atoms with Gasteiger partial charge in [0.2, 0.25) is 5.56 Å². The van der Waals surface area contributed by atoms with Crippen LogP contribution in [0.25, 0.3) is 22.0 Å². The summed E-state index contributed by atoms with van der Waals surface area (Å²) in [4.78, 5) is 27.4. The number of carbonyl (C=O) groups excluding carboxylic acids is 1. The number of carbonyl (C=O) groups is 1. The zero-order chi connectivity index (χ0) is 28.8. The summed E-state index contributed by atoms with van der Waals surface area (Å²) in [5.41, 5.74) is 6.18. The topological polar surface area (TPSA) is 90.4 Å². The summed E-state index contributed by atoms with van der Waals surface area (Å²) in [6, 6.07) is 32.8. The molecule has 3 N–H and O–H groups in total. The predicted octanol–water partition coefficient (Wildman–Crippen LogP) is 6.95. The van der Waals surface area contributed by atoms with Gasteiger partial charge in [0.05, 0.1) is 11.6 Å². The zero-order valence-electron chi connectivity index (χ0n) is 23.2. The lowest BCUT2D eigenvalue weighted by Gasteiger charge is -2.17. The number of fused-ring (bicyclic) bond motifs is 1. The molecule has 0 radical (unpaired) electrons. The van der Waals surface area contributed by atoms with Gasteiger partial charge in [-0.1, -0.05) is 91.9 Å². The highest BCUT2D eigenvalue weighted by atomic mass is 16.3. The van der Waals surface area contributed by atoms with Gasteiger partial charge in [-0.05, 0) is 70.7 Å². The van der Waals surface area contributed by atoms with E-state index in [0.717, 1.165) is 35.1 Å². The van der Waals surface area contributed by atoms with Crippen LogP contribution in [-0.4, -0.2) is 21.0 Å². The predicted molar refractivity (Wildman–Crippen MR) is 164 cm³/mol. The molecule has 0 bridgehead atoms. The molecule has 0 saturated heterocycles. The third kappa shape index (κ3) is 7.00. The molecule has 0 unspecified atom stereocenters. The third-order valence-corrected chi connectivity index (χ3v) is 7.67.